The Hall–Kier alpha value is -0.610. The summed E-state index contributed by atoms with van der Waals surface area (Å²) >= 11 is 0. The van der Waals surface area contributed by atoms with E-state index < -0.39 is 0 Å². The van der Waals surface area contributed by atoms with E-state index in [4.69, 9.17) is 4.74 Å². The molecule has 0 aromatic carbocycles. The molecule has 0 bridgehead atoms. The molecule has 1 heterocycles. The second-order valence-corrected chi connectivity index (χ2v) is 6.25. The summed E-state index contributed by atoms with van der Waals surface area (Å²) in [5.74, 6) is 0.124. The lowest BCUT2D eigenvalue weighted by atomic mass is 10.1. The minimum atomic E-state index is 0.118. The van der Waals surface area contributed by atoms with Crippen LogP contribution in [0.3, 0.4) is 0 Å². The summed E-state index contributed by atoms with van der Waals surface area (Å²) in [6.07, 6.45) is 1.16. The van der Waals surface area contributed by atoms with Gasteiger partial charge in [-0.25, -0.2) is 0 Å². The first-order valence-electron chi connectivity index (χ1n) is 6.95. The monoisotopic (exact) mass is 256 g/mol. The lowest BCUT2D eigenvalue weighted by Crippen LogP contribution is -2.44. The third-order valence-corrected chi connectivity index (χ3v) is 3.34. The van der Waals surface area contributed by atoms with Crippen LogP contribution in [0.5, 0.6) is 0 Å². The molecule has 1 saturated heterocycles. The van der Waals surface area contributed by atoms with Crippen LogP contribution in [0.15, 0.2) is 0 Å². The van der Waals surface area contributed by atoms with Crippen molar-refractivity contribution in [2.45, 2.75) is 52.7 Å². The van der Waals surface area contributed by atoms with E-state index in [1.54, 1.807) is 0 Å². The van der Waals surface area contributed by atoms with Gasteiger partial charge in [0.05, 0.1) is 6.10 Å². The van der Waals surface area contributed by atoms with Gasteiger partial charge in [-0.3, -0.25) is 9.69 Å². The summed E-state index contributed by atoms with van der Waals surface area (Å²) in [7, 11) is 0. The lowest BCUT2D eigenvalue weighted by molar-refractivity contribution is -0.137. The average Bonchev–Trinajstić information content (AvgIpc) is 2.50. The van der Waals surface area contributed by atoms with Gasteiger partial charge in [0, 0.05) is 31.7 Å². The van der Waals surface area contributed by atoms with E-state index in [-0.39, 0.29) is 24.2 Å². The number of amides is 1. The molecule has 0 spiro atoms. The Morgan fingerprint density at radius 1 is 1.17 bits per heavy atom. The van der Waals surface area contributed by atoms with Gasteiger partial charge in [0.25, 0.3) is 0 Å². The third-order valence-electron chi connectivity index (χ3n) is 3.34. The number of rotatable bonds is 3. The van der Waals surface area contributed by atoms with Crippen LogP contribution in [-0.2, 0) is 9.53 Å². The molecule has 0 aromatic rings. The molecule has 1 fully saturated rings. The molecule has 1 amide bonds. The minimum absolute atomic E-state index is 0.118. The maximum Gasteiger partial charge on any atom is 0.248 e. The van der Waals surface area contributed by atoms with Crippen molar-refractivity contribution in [2.24, 2.45) is 0 Å². The SMILES string of the molecule is CC(C)OCC(=O)N1CCCN(C(C)(C)C)CC1. The molecule has 1 rings (SSSR count). The highest BCUT2D eigenvalue weighted by Crippen LogP contribution is 2.16. The zero-order chi connectivity index (χ0) is 13.8. The Bertz CT molecular complexity index is 271. The maximum absolute atomic E-state index is 12.0. The normalized spacial score (nSPS) is 19.1. The Kier molecular flexibility index (Phi) is 5.60. The zero-order valence-electron chi connectivity index (χ0n) is 12.5. The van der Waals surface area contributed by atoms with Crippen molar-refractivity contribution in [2.75, 3.05) is 32.8 Å². The minimum Gasteiger partial charge on any atom is -0.369 e. The molecule has 0 unspecified atom stereocenters. The van der Waals surface area contributed by atoms with E-state index in [9.17, 15) is 4.79 Å². The molecular formula is C14H28N2O2. The van der Waals surface area contributed by atoms with E-state index in [2.05, 4.69) is 25.7 Å². The van der Waals surface area contributed by atoms with Gasteiger partial charge >= 0.3 is 0 Å². The van der Waals surface area contributed by atoms with Crippen LogP contribution in [0.1, 0.15) is 41.0 Å². The molecule has 1 aliphatic rings. The van der Waals surface area contributed by atoms with Crippen LogP contribution < -0.4 is 0 Å². The second-order valence-electron chi connectivity index (χ2n) is 6.25. The molecular weight excluding hydrogens is 228 g/mol. The Morgan fingerprint density at radius 3 is 2.39 bits per heavy atom. The lowest BCUT2D eigenvalue weighted by Gasteiger charge is -2.34. The predicted molar refractivity (Wildman–Crippen MR) is 73.6 cm³/mol. The standard InChI is InChI=1S/C14H28N2O2/c1-12(2)18-11-13(17)15-7-6-8-16(10-9-15)14(3,4)5/h12H,6-11H2,1-5H3. The van der Waals surface area contributed by atoms with E-state index in [0.29, 0.717) is 0 Å². The van der Waals surface area contributed by atoms with Gasteiger partial charge in [-0.1, -0.05) is 0 Å². The van der Waals surface area contributed by atoms with Gasteiger partial charge in [0.15, 0.2) is 0 Å². The molecule has 1 aliphatic heterocycles. The largest absolute Gasteiger partial charge is 0.369 e. The van der Waals surface area contributed by atoms with E-state index >= 15 is 0 Å². The predicted octanol–water partition coefficient (Wildman–Crippen LogP) is 1.74. The first-order chi connectivity index (χ1) is 8.30. The molecule has 4 nitrogen and oxygen atoms in total. The number of ether oxygens (including phenoxy) is 1. The van der Waals surface area contributed by atoms with Crippen molar-refractivity contribution in [3.05, 3.63) is 0 Å². The first-order valence-corrected chi connectivity index (χ1v) is 6.95. The van der Waals surface area contributed by atoms with Crippen molar-refractivity contribution in [3.63, 3.8) is 0 Å². The number of hydrogen-bond acceptors (Lipinski definition) is 3. The topological polar surface area (TPSA) is 32.8 Å². The number of carbonyl (C=O) groups excluding carboxylic acids is 1. The van der Waals surface area contributed by atoms with Gasteiger partial charge in [0.2, 0.25) is 5.91 Å². The van der Waals surface area contributed by atoms with Crippen LogP contribution in [-0.4, -0.2) is 60.1 Å². The van der Waals surface area contributed by atoms with Crippen molar-refractivity contribution in [1.29, 1.82) is 0 Å². The Morgan fingerprint density at radius 2 is 1.83 bits per heavy atom. The molecule has 4 heteroatoms. The van der Waals surface area contributed by atoms with Crippen molar-refractivity contribution in [3.8, 4) is 0 Å². The average molecular weight is 256 g/mol. The Labute approximate surface area is 111 Å². The smallest absolute Gasteiger partial charge is 0.248 e. The number of hydrogen-bond donors (Lipinski definition) is 0. The van der Waals surface area contributed by atoms with Crippen LogP contribution in [0.4, 0.5) is 0 Å². The van der Waals surface area contributed by atoms with Crippen LogP contribution in [0, 0.1) is 0 Å². The molecule has 0 radical (unpaired) electrons. The highest BCUT2D eigenvalue weighted by Gasteiger charge is 2.25. The van der Waals surface area contributed by atoms with Crippen LogP contribution >= 0.6 is 0 Å². The molecule has 18 heavy (non-hydrogen) atoms. The van der Waals surface area contributed by atoms with Crippen molar-refractivity contribution in [1.82, 2.24) is 9.80 Å². The second kappa shape index (κ2) is 6.53. The van der Waals surface area contributed by atoms with E-state index in [1.807, 2.05) is 18.7 Å². The van der Waals surface area contributed by atoms with Crippen molar-refractivity contribution >= 4 is 5.91 Å². The van der Waals surface area contributed by atoms with Gasteiger partial charge in [-0.15, -0.1) is 0 Å². The zero-order valence-corrected chi connectivity index (χ0v) is 12.5. The summed E-state index contributed by atoms with van der Waals surface area (Å²) in [5, 5.41) is 0. The number of carbonyl (C=O) groups is 1. The summed E-state index contributed by atoms with van der Waals surface area (Å²) in [6.45, 7) is 14.5. The first kappa shape index (κ1) is 15.4. The molecule has 106 valence electrons. The molecule has 0 aliphatic carbocycles. The summed E-state index contributed by atoms with van der Waals surface area (Å²) in [6, 6.07) is 0. The fourth-order valence-electron chi connectivity index (χ4n) is 2.17. The third kappa shape index (κ3) is 4.94. The summed E-state index contributed by atoms with van der Waals surface area (Å²) in [4.78, 5) is 16.4. The fraction of sp³-hybridized carbons (Fsp3) is 0.929. The van der Waals surface area contributed by atoms with Crippen LogP contribution in [0.2, 0.25) is 0 Å². The highest BCUT2D eigenvalue weighted by molar-refractivity contribution is 5.77. The molecule has 0 N–H and O–H groups in total. The van der Waals surface area contributed by atoms with Gasteiger partial charge in [0.1, 0.15) is 6.61 Å². The highest BCUT2D eigenvalue weighted by atomic mass is 16.5. The molecule has 0 aromatic heterocycles. The molecule has 0 atom stereocenters. The van der Waals surface area contributed by atoms with Crippen molar-refractivity contribution < 1.29 is 9.53 Å². The van der Waals surface area contributed by atoms with Gasteiger partial charge in [-0.2, -0.15) is 0 Å². The summed E-state index contributed by atoms with van der Waals surface area (Å²) in [5.41, 5.74) is 0.188. The van der Waals surface area contributed by atoms with Crippen LogP contribution in [0.25, 0.3) is 0 Å². The quantitative estimate of drug-likeness (QED) is 0.771. The fourth-order valence-corrected chi connectivity index (χ4v) is 2.17. The molecule has 0 saturated carbocycles. The van der Waals surface area contributed by atoms with E-state index in [1.165, 1.54) is 0 Å². The van der Waals surface area contributed by atoms with E-state index in [0.717, 1.165) is 32.6 Å². The summed E-state index contributed by atoms with van der Waals surface area (Å²) < 4.78 is 5.39. The van der Waals surface area contributed by atoms with Gasteiger partial charge < -0.3 is 9.64 Å². The number of nitrogens with zero attached hydrogens (tertiary/aromatic N) is 2. The Balaban J connectivity index is 2.44. The van der Waals surface area contributed by atoms with Gasteiger partial charge in [-0.05, 0) is 41.0 Å². The maximum atomic E-state index is 12.0.